The van der Waals surface area contributed by atoms with E-state index in [2.05, 4.69) is 18.6 Å². The summed E-state index contributed by atoms with van der Waals surface area (Å²) in [6, 6.07) is 0. The van der Waals surface area contributed by atoms with Gasteiger partial charge in [-0.1, -0.05) is 20.3 Å². The van der Waals surface area contributed by atoms with Gasteiger partial charge in [0.2, 0.25) is 0 Å². The molecule has 1 aliphatic rings. The van der Waals surface area contributed by atoms with E-state index in [-0.39, 0.29) is 24.3 Å². The lowest BCUT2D eigenvalue weighted by Gasteiger charge is -2.09. The molecule has 0 radical (unpaired) electrons. The highest BCUT2D eigenvalue weighted by Crippen LogP contribution is 2.23. The van der Waals surface area contributed by atoms with Crippen LogP contribution in [0.25, 0.3) is 0 Å². The van der Waals surface area contributed by atoms with Crippen molar-refractivity contribution in [3.63, 3.8) is 0 Å². The first-order valence-corrected chi connectivity index (χ1v) is 4.88. The molecule has 0 N–H and O–H groups in total. The Hall–Kier alpha value is -0.860. The summed E-state index contributed by atoms with van der Waals surface area (Å²) in [5.41, 5.74) is 0. The molecule has 1 heterocycles. The number of hydrogen-bond acceptors (Lipinski definition) is 3. The van der Waals surface area contributed by atoms with Crippen LogP contribution in [0.1, 0.15) is 39.5 Å². The molecule has 3 heteroatoms. The van der Waals surface area contributed by atoms with Crippen LogP contribution >= 0.6 is 0 Å². The molecule has 2 unspecified atom stereocenters. The second-order valence-corrected chi connectivity index (χ2v) is 3.78. The first kappa shape index (κ1) is 10.2. The average molecular weight is 184 g/mol. The van der Waals surface area contributed by atoms with E-state index in [0.717, 1.165) is 19.3 Å². The van der Waals surface area contributed by atoms with Crippen LogP contribution in [-0.2, 0) is 14.3 Å². The van der Waals surface area contributed by atoms with Gasteiger partial charge in [-0.15, -0.1) is 0 Å². The lowest BCUT2D eigenvalue weighted by Crippen LogP contribution is -2.08. The van der Waals surface area contributed by atoms with Crippen LogP contribution in [0.4, 0.5) is 0 Å². The van der Waals surface area contributed by atoms with Crippen molar-refractivity contribution in [3.8, 4) is 0 Å². The highest BCUT2D eigenvalue weighted by atomic mass is 16.6. The standard InChI is InChI=1S/C10H16O3/c1-3-7(2)4-5-8-6-9(11)13-10(8)12/h7-8H,3-6H2,1-2H3. The fourth-order valence-corrected chi connectivity index (χ4v) is 1.43. The summed E-state index contributed by atoms with van der Waals surface area (Å²) in [6.07, 6.45) is 3.20. The molecule has 0 aromatic rings. The van der Waals surface area contributed by atoms with Gasteiger partial charge in [-0.2, -0.15) is 0 Å². The Labute approximate surface area is 78.5 Å². The normalized spacial score (nSPS) is 24.6. The monoisotopic (exact) mass is 184 g/mol. The van der Waals surface area contributed by atoms with E-state index >= 15 is 0 Å². The average Bonchev–Trinajstić information content (AvgIpc) is 2.41. The predicted molar refractivity (Wildman–Crippen MR) is 47.9 cm³/mol. The number of carbonyl (C=O) groups excluding carboxylic acids is 2. The van der Waals surface area contributed by atoms with E-state index in [4.69, 9.17) is 0 Å². The summed E-state index contributed by atoms with van der Waals surface area (Å²) in [5.74, 6) is -0.225. The number of rotatable bonds is 4. The maximum Gasteiger partial charge on any atom is 0.317 e. The van der Waals surface area contributed by atoms with Crippen LogP contribution in [-0.4, -0.2) is 11.9 Å². The summed E-state index contributed by atoms with van der Waals surface area (Å²) in [6.45, 7) is 4.28. The highest BCUT2D eigenvalue weighted by molar-refractivity contribution is 5.94. The van der Waals surface area contributed by atoms with Crippen molar-refractivity contribution in [2.45, 2.75) is 39.5 Å². The van der Waals surface area contributed by atoms with Crippen molar-refractivity contribution in [2.75, 3.05) is 0 Å². The number of ether oxygens (including phenoxy) is 1. The Balaban J connectivity index is 2.29. The highest BCUT2D eigenvalue weighted by Gasteiger charge is 2.32. The fourth-order valence-electron chi connectivity index (χ4n) is 1.43. The van der Waals surface area contributed by atoms with Gasteiger partial charge < -0.3 is 4.74 Å². The van der Waals surface area contributed by atoms with Crippen LogP contribution in [0, 0.1) is 11.8 Å². The molecule has 2 atom stereocenters. The molecule has 74 valence electrons. The van der Waals surface area contributed by atoms with Crippen LogP contribution in [0.3, 0.4) is 0 Å². The van der Waals surface area contributed by atoms with Crippen molar-refractivity contribution in [2.24, 2.45) is 11.8 Å². The van der Waals surface area contributed by atoms with E-state index in [1.54, 1.807) is 0 Å². The molecule has 0 amide bonds. The molecule has 1 rings (SSSR count). The van der Waals surface area contributed by atoms with Crippen molar-refractivity contribution in [3.05, 3.63) is 0 Å². The van der Waals surface area contributed by atoms with Gasteiger partial charge in [-0.3, -0.25) is 9.59 Å². The third-order valence-corrected chi connectivity index (χ3v) is 2.67. The van der Waals surface area contributed by atoms with Gasteiger partial charge in [0, 0.05) is 0 Å². The predicted octanol–water partition coefficient (Wildman–Crippen LogP) is 1.90. The van der Waals surface area contributed by atoms with E-state index < -0.39 is 0 Å². The first-order valence-electron chi connectivity index (χ1n) is 4.88. The zero-order chi connectivity index (χ0) is 9.84. The second-order valence-electron chi connectivity index (χ2n) is 3.78. The molecule has 0 spiro atoms. The van der Waals surface area contributed by atoms with Gasteiger partial charge in [0.25, 0.3) is 0 Å². The summed E-state index contributed by atoms with van der Waals surface area (Å²) >= 11 is 0. The SMILES string of the molecule is CCC(C)CCC1CC(=O)OC1=O. The third-order valence-electron chi connectivity index (χ3n) is 2.67. The molecule has 0 aromatic heterocycles. The Bertz CT molecular complexity index is 210. The van der Waals surface area contributed by atoms with Crippen LogP contribution in [0.5, 0.6) is 0 Å². The van der Waals surface area contributed by atoms with Crippen molar-refractivity contribution in [1.29, 1.82) is 0 Å². The summed E-state index contributed by atoms with van der Waals surface area (Å²) in [4.78, 5) is 21.8. The minimum atomic E-state index is -0.362. The molecular weight excluding hydrogens is 168 g/mol. The topological polar surface area (TPSA) is 43.4 Å². The molecule has 0 saturated carbocycles. The van der Waals surface area contributed by atoms with Crippen LogP contribution < -0.4 is 0 Å². The maximum absolute atomic E-state index is 11.0. The van der Waals surface area contributed by atoms with Gasteiger partial charge in [-0.05, 0) is 18.8 Å². The molecule has 1 saturated heterocycles. The van der Waals surface area contributed by atoms with Crippen molar-refractivity contribution in [1.82, 2.24) is 0 Å². The fraction of sp³-hybridized carbons (Fsp3) is 0.800. The van der Waals surface area contributed by atoms with Gasteiger partial charge in [0.05, 0.1) is 12.3 Å². The molecule has 13 heavy (non-hydrogen) atoms. The number of carbonyl (C=O) groups is 2. The zero-order valence-corrected chi connectivity index (χ0v) is 8.21. The van der Waals surface area contributed by atoms with Crippen LogP contribution in [0.2, 0.25) is 0 Å². The number of cyclic esters (lactones) is 2. The molecule has 1 aliphatic heterocycles. The molecule has 3 nitrogen and oxygen atoms in total. The molecular formula is C10H16O3. The zero-order valence-electron chi connectivity index (χ0n) is 8.21. The first-order chi connectivity index (χ1) is 6.13. The minimum Gasteiger partial charge on any atom is -0.393 e. The quantitative estimate of drug-likeness (QED) is 0.495. The smallest absolute Gasteiger partial charge is 0.317 e. The van der Waals surface area contributed by atoms with Crippen molar-refractivity contribution < 1.29 is 14.3 Å². The van der Waals surface area contributed by atoms with Gasteiger partial charge in [0.1, 0.15) is 0 Å². The van der Waals surface area contributed by atoms with E-state index in [1.807, 2.05) is 0 Å². The largest absolute Gasteiger partial charge is 0.393 e. The summed E-state index contributed by atoms with van der Waals surface area (Å²) < 4.78 is 4.46. The third kappa shape index (κ3) is 2.83. The van der Waals surface area contributed by atoms with Gasteiger partial charge in [0.15, 0.2) is 0 Å². The van der Waals surface area contributed by atoms with Gasteiger partial charge >= 0.3 is 11.9 Å². The molecule has 0 aliphatic carbocycles. The maximum atomic E-state index is 11.0. The molecule has 0 aromatic carbocycles. The van der Waals surface area contributed by atoms with E-state index in [9.17, 15) is 9.59 Å². The van der Waals surface area contributed by atoms with Crippen molar-refractivity contribution >= 4 is 11.9 Å². The second kappa shape index (κ2) is 4.40. The lowest BCUT2D eigenvalue weighted by atomic mass is 9.94. The summed E-state index contributed by atoms with van der Waals surface area (Å²) in [7, 11) is 0. The Morgan fingerprint density at radius 2 is 2.23 bits per heavy atom. The van der Waals surface area contributed by atoms with Gasteiger partial charge in [-0.25, -0.2) is 0 Å². The van der Waals surface area contributed by atoms with Crippen LogP contribution in [0.15, 0.2) is 0 Å². The lowest BCUT2D eigenvalue weighted by molar-refractivity contribution is -0.153. The minimum absolute atomic E-state index is 0.165. The number of esters is 2. The Morgan fingerprint density at radius 1 is 1.54 bits per heavy atom. The Kier molecular flexibility index (Phi) is 3.46. The summed E-state index contributed by atoms with van der Waals surface area (Å²) in [5, 5.41) is 0. The Morgan fingerprint density at radius 3 is 2.69 bits per heavy atom. The molecule has 0 bridgehead atoms. The van der Waals surface area contributed by atoms with E-state index in [1.165, 1.54) is 0 Å². The molecule has 1 fully saturated rings. The van der Waals surface area contributed by atoms with E-state index in [0.29, 0.717) is 5.92 Å². The number of hydrogen-bond donors (Lipinski definition) is 0.